The summed E-state index contributed by atoms with van der Waals surface area (Å²) in [5.41, 5.74) is 0.977. The van der Waals surface area contributed by atoms with Gasteiger partial charge in [0.15, 0.2) is 0 Å². The quantitative estimate of drug-likeness (QED) is 0.473. The Kier molecular flexibility index (Phi) is 4.80. The van der Waals surface area contributed by atoms with Crippen LogP contribution in [0.1, 0.15) is 0 Å². The van der Waals surface area contributed by atoms with Gasteiger partial charge in [0.05, 0.1) is 15.1 Å². The van der Waals surface area contributed by atoms with E-state index >= 15 is 0 Å². The molecule has 2 aromatic rings. The first kappa shape index (κ1) is 16.2. The highest BCUT2D eigenvalue weighted by Gasteiger charge is 2.17. The smallest absolute Gasteiger partial charge is 0.207 e. The average Bonchev–Trinajstić information content (AvgIpc) is 2.33. The summed E-state index contributed by atoms with van der Waals surface area (Å²) in [6.07, 6.45) is 0. The van der Waals surface area contributed by atoms with Gasteiger partial charge in [-0.2, -0.15) is 0 Å². The molecule has 2 rings (SSSR count). The van der Waals surface area contributed by atoms with Crippen LogP contribution in [0.3, 0.4) is 0 Å². The number of benzene rings is 2. The maximum absolute atomic E-state index is 11.5. The molecule has 0 fully saturated rings. The van der Waals surface area contributed by atoms with Crippen LogP contribution in [0.4, 0.5) is 0 Å². The maximum atomic E-state index is 11.5. The maximum Gasteiger partial charge on any atom is 0.262 e. The van der Waals surface area contributed by atoms with Crippen molar-refractivity contribution in [1.82, 2.24) is 0 Å². The Morgan fingerprint density at radius 3 is 2.10 bits per heavy atom. The lowest BCUT2D eigenvalue weighted by molar-refractivity contribution is 0.609. The minimum atomic E-state index is -3.97. The highest BCUT2D eigenvalue weighted by molar-refractivity contribution is 8.13. The van der Waals surface area contributed by atoms with Crippen LogP contribution in [0, 0.1) is 0 Å². The van der Waals surface area contributed by atoms with E-state index in [1.165, 1.54) is 18.2 Å². The van der Waals surface area contributed by atoms with Crippen molar-refractivity contribution >= 4 is 66.1 Å². The third-order valence-electron chi connectivity index (χ3n) is 2.50. The Bertz CT molecular complexity index is 787. The zero-order chi connectivity index (χ0) is 15.1. The third-order valence-corrected chi connectivity index (χ3v) is 5.32. The van der Waals surface area contributed by atoms with Crippen molar-refractivity contribution in [3.05, 3.63) is 50.4 Å². The van der Waals surface area contributed by atoms with Crippen molar-refractivity contribution in [2.75, 3.05) is 0 Å². The Morgan fingerprint density at radius 1 is 0.850 bits per heavy atom. The Balaban J connectivity index is 2.72. The molecule has 0 aliphatic rings. The van der Waals surface area contributed by atoms with Crippen LogP contribution in [-0.2, 0) is 9.05 Å². The summed E-state index contributed by atoms with van der Waals surface area (Å²) in [6.45, 7) is 0. The molecule has 20 heavy (non-hydrogen) atoms. The van der Waals surface area contributed by atoms with Gasteiger partial charge in [-0.25, -0.2) is 8.42 Å². The zero-order valence-electron chi connectivity index (χ0n) is 9.50. The molecule has 0 aromatic heterocycles. The summed E-state index contributed by atoms with van der Waals surface area (Å²) in [5.74, 6) is 0. The lowest BCUT2D eigenvalue weighted by atomic mass is 10.1. The highest BCUT2D eigenvalue weighted by atomic mass is 35.7. The topological polar surface area (TPSA) is 34.1 Å². The summed E-state index contributed by atoms with van der Waals surface area (Å²) in [7, 11) is 1.36. The fourth-order valence-electron chi connectivity index (χ4n) is 1.62. The molecule has 0 spiro atoms. The summed E-state index contributed by atoms with van der Waals surface area (Å²) >= 11 is 23.8. The summed E-state index contributed by atoms with van der Waals surface area (Å²) in [5, 5.41) is 0.920. The van der Waals surface area contributed by atoms with Gasteiger partial charge in [-0.3, -0.25) is 0 Å². The zero-order valence-corrected chi connectivity index (χ0v) is 14.1. The predicted octanol–water partition coefficient (Wildman–Crippen LogP) is 5.89. The van der Waals surface area contributed by atoms with Crippen LogP contribution >= 0.6 is 57.1 Å². The first-order valence-corrected chi connectivity index (χ1v) is 8.91. The Hall–Kier alpha value is -0.160. The lowest BCUT2D eigenvalue weighted by Crippen LogP contribution is -1.93. The van der Waals surface area contributed by atoms with Crippen LogP contribution < -0.4 is 0 Å². The molecule has 0 amide bonds. The number of hydrogen-bond acceptors (Lipinski definition) is 2. The third kappa shape index (κ3) is 3.35. The molecular weight excluding hydrogens is 385 g/mol. The first-order valence-electron chi connectivity index (χ1n) is 5.09. The molecule has 2 nitrogen and oxygen atoms in total. The largest absolute Gasteiger partial charge is 0.262 e. The molecule has 8 heteroatoms. The van der Waals surface area contributed by atoms with Crippen LogP contribution in [0.25, 0.3) is 11.1 Å². The normalized spacial score (nSPS) is 11.7. The summed E-state index contributed by atoms with van der Waals surface area (Å²) < 4.78 is 22.9. The SMILES string of the molecule is O=S(=O)(Cl)c1cc(-c2cc(Cl)cc(Cl)c2Cl)ccc1Cl. The lowest BCUT2D eigenvalue weighted by Gasteiger charge is -2.09. The van der Waals surface area contributed by atoms with E-state index in [1.54, 1.807) is 12.1 Å². The van der Waals surface area contributed by atoms with E-state index in [0.717, 1.165) is 0 Å². The average molecular weight is 391 g/mol. The highest BCUT2D eigenvalue weighted by Crippen LogP contribution is 2.38. The second-order valence-electron chi connectivity index (χ2n) is 3.83. The van der Waals surface area contributed by atoms with E-state index in [0.29, 0.717) is 16.1 Å². The van der Waals surface area contributed by atoms with E-state index in [-0.39, 0.29) is 20.0 Å². The van der Waals surface area contributed by atoms with Gasteiger partial charge in [0.1, 0.15) is 4.90 Å². The van der Waals surface area contributed by atoms with Gasteiger partial charge in [0.25, 0.3) is 9.05 Å². The molecule has 0 saturated carbocycles. The number of halogens is 5. The molecule has 0 saturated heterocycles. The van der Waals surface area contributed by atoms with Gasteiger partial charge in [-0.15, -0.1) is 0 Å². The minimum Gasteiger partial charge on any atom is -0.207 e. The molecular formula is C12H5Cl5O2S. The van der Waals surface area contributed by atoms with Gasteiger partial charge in [-0.05, 0) is 29.8 Å². The molecule has 0 unspecified atom stereocenters. The van der Waals surface area contributed by atoms with Crippen LogP contribution in [0.15, 0.2) is 35.2 Å². The molecule has 0 bridgehead atoms. The Morgan fingerprint density at radius 2 is 1.50 bits per heavy atom. The van der Waals surface area contributed by atoms with Gasteiger partial charge >= 0.3 is 0 Å². The molecule has 0 radical (unpaired) electrons. The van der Waals surface area contributed by atoms with Gasteiger partial charge in [-0.1, -0.05) is 52.5 Å². The van der Waals surface area contributed by atoms with Gasteiger partial charge in [0.2, 0.25) is 0 Å². The van der Waals surface area contributed by atoms with Crippen molar-refractivity contribution in [2.45, 2.75) is 4.90 Å². The predicted molar refractivity (Wildman–Crippen MR) is 85.0 cm³/mol. The van der Waals surface area contributed by atoms with E-state index in [1.807, 2.05) is 0 Å². The standard InChI is InChI=1S/C12H5Cl5O2S/c13-7-4-8(12(16)10(15)5-7)6-1-2-9(14)11(3-6)20(17,18)19/h1-5H. The number of rotatable bonds is 2. The van der Waals surface area contributed by atoms with E-state index in [2.05, 4.69) is 0 Å². The van der Waals surface area contributed by atoms with Crippen molar-refractivity contribution in [2.24, 2.45) is 0 Å². The van der Waals surface area contributed by atoms with E-state index in [9.17, 15) is 8.42 Å². The molecule has 0 N–H and O–H groups in total. The molecule has 0 heterocycles. The fraction of sp³-hybridized carbons (Fsp3) is 0. The van der Waals surface area contributed by atoms with Crippen molar-refractivity contribution in [1.29, 1.82) is 0 Å². The molecule has 106 valence electrons. The fourth-order valence-corrected chi connectivity index (χ4v) is 3.83. The first-order chi connectivity index (χ1) is 9.20. The van der Waals surface area contributed by atoms with Crippen LogP contribution in [0.2, 0.25) is 20.1 Å². The van der Waals surface area contributed by atoms with E-state index < -0.39 is 9.05 Å². The van der Waals surface area contributed by atoms with Crippen LogP contribution in [-0.4, -0.2) is 8.42 Å². The second-order valence-corrected chi connectivity index (χ2v) is 8.00. The van der Waals surface area contributed by atoms with Crippen molar-refractivity contribution in [3.63, 3.8) is 0 Å². The summed E-state index contributed by atoms with van der Waals surface area (Å²) in [6, 6.07) is 7.39. The molecule has 0 atom stereocenters. The monoisotopic (exact) mass is 388 g/mol. The van der Waals surface area contributed by atoms with Gasteiger partial charge in [0, 0.05) is 21.3 Å². The molecule has 2 aromatic carbocycles. The minimum absolute atomic E-state index is 0.0213. The van der Waals surface area contributed by atoms with Crippen molar-refractivity contribution in [3.8, 4) is 11.1 Å². The second kappa shape index (κ2) is 5.91. The summed E-state index contributed by atoms with van der Waals surface area (Å²) in [4.78, 5) is -0.203. The van der Waals surface area contributed by atoms with E-state index in [4.69, 9.17) is 57.1 Å². The molecule has 0 aliphatic heterocycles. The Labute approximate surface area is 140 Å². The molecule has 0 aliphatic carbocycles. The van der Waals surface area contributed by atoms with Gasteiger partial charge < -0.3 is 0 Å². The van der Waals surface area contributed by atoms with Crippen molar-refractivity contribution < 1.29 is 8.42 Å². The van der Waals surface area contributed by atoms with Crippen LogP contribution in [0.5, 0.6) is 0 Å². The number of hydrogen-bond donors (Lipinski definition) is 0.